The lowest BCUT2D eigenvalue weighted by molar-refractivity contribution is -0.120. The number of nitrogens with one attached hydrogen (secondary N) is 1. The minimum absolute atomic E-state index is 0.104. The van der Waals surface area contributed by atoms with Crippen LogP contribution >= 0.6 is 0 Å². The van der Waals surface area contributed by atoms with Crippen molar-refractivity contribution in [2.75, 3.05) is 18.6 Å². The van der Waals surface area contributed by atoms with E-state index in [1.54, 1.807) is 37.4 Å². The van der Waals surface area contributed by atoms with Crippen LogP contribution < -0.4 is 4.90 Å². The molecule has 0 spiro atoms. The number of aliphatic imine (C=N–C) groups is 1. The molecule has 31 heavy (non-hydrogen) atoms. The zero-order valence-corrected chi connectivity index (χ0v) is 16.7. The third-order valence-electron chi connectivity index (χ3n) is 5.01. The van der Waals surface area contributed by atoms with E-state index >= 15 is 0 Å². The van der Waals surface area contributed by atoms with Gasteiger partial charge >= 0.3 is 0 Å². The van der Waals surface area contributed by atoms with E-state index in [1.807, 2.05) is 30.3 Å². The van der Waals surface area contributed by atoms with Gasteiger partial charge in [-0.2, -0.15) is 0 Å². The number of halogens is 1. The number of nitrogens with zero attached hydrogens (tertiary/aromatic N) is 2. The fourth-order valence-electron chi connectivity index (χ4n) is 3.39. The maximum Gasteiger partial charge on any atom is 0.252 e. The highest BCUT2D eigenvalue weighted by atomic mass is 19.1. The monoisotopic (exact) mass is 417 g/mol. The number of benzene rings is 3. The summed E-state index contributed by atoms with van der Waals surface area (Å²) < 4.78 is 13.7. The average Bonchev–Trinajstić information content (AvgIpc) is 3.11. The molecule has 7 heteroatoms. The Labute approximate surface area is 177 Å². The number of aliphatic hydroxyl groups excluding tert-OH is 1. The Morgan fingerprint density at radius 1 is 1.06 bits per heavy atom. The number of aromatic amines is 1. The molecule has 4 aromatic rings. The molecule has 1 aromatic heterocycles. The Morgan fingerprint density at radius 2 is 1.77 bits per heavy atom. The summed E-state index contributed by atoms with van der Waals surface area (Å²) >= 11 is 0. The number of H-pyrrole nitrogens is 1. The largest absolute Gasteiger partial charge is 0.494 e. The first kappa shape index (κ1) is 20.3. The summed E-state index contributed by atoms with van der Waals surface area (Å²) in [5.41, 5.74) is 3.45. The standard InChI is InChI=1S/C24H20FN3O3/c1-28(21(30)14-29)18-10-8-17(9-11-18)26-23(15-5-3-2-4-6-15)22-19-12-7-16(25)13-20(19)27-24(22)31/h2-13,27,29,31H,14H2,1H3. The van der Waals surface area contributed by atoms with Crippen molar-refractivity contribution >= 4 is 33.9 Å². The number of amides is 1. The van der Waals surface area contributed by atoms with Gasteiger partial charge in [0.15, 0.2) is 5.88 Å². The van der Waals surface area contributed by atoms with Gasteiger partial charge in [0, 0.05) is 23.7 Å². The lowest BCUT2D eigenvalue weighted by Gasteiger charge is -2.16. The minimum Gasteiger partial charge on any atom is -0.494 e. The molecule has 4 rings (SSSR count). The van der Waals surface area contributed by atoms with Gasteiger partial charge < -0.3 is 20.1 Å². The predicted octanol–water partition coefficient (Wildman–Crippen LogP) is 4.14. The lowest BCUT2D eigenvalue weighted by atomic mass is 10.0. The Kier molecular flexibility index (Phi) is 5.51. The molecule has 0 aliphatic rings. The molecule has 0 atom stereocenters. The fourth-order valence-corrected chi connectivity index (χ4v) is 3.39. The number of aliphatic hydroxyl groups is 1. The zero-order chi connectivity index (χ0) is 22.0. The number of fused-ring (bicyclic) bond motifs is 1. The van der Waals surface area contributed by atoms with Crippen molar-refractivity contribution in [3.63, 3.8) is 0 Å². The van der Waals surface area contributed by atoms with E-state index in [2.05, 4.69) is 4.98 Å². The summed E-state index contributed by atoms with van der Waals surface area (Å²) in [5, 5.41) is 20.3. The first-order chi connectivity index (χ1) is 15.0. The summed E-state index contributed by atoms with van der Waals surface area (Å²) in [6.45, 7) is -0.574. The van der Waals surface area contributed by atoms with E-state index in [1.165, 1.54) is 17.0 Å². The first-order valence-corrected chi connectivity index (χ1v) is 9.60. The number of hydrogen-bond donors (Lipinski definition) is 3. The number of carbonyl (C=O) groups excluding carboxylic acids is 1. The van der Waals surface area contributed by atoms with Gasteiger partial charge in [-0.1, -0.05) is 30.3 Å². The number of carbonyl (C=O) groups is 1. The van der Waals surface area contributed by atoms with E-state index in [0.717, 1.165) is 5.56 Å². The van der Waals surface area contributed by atoms with E-state index in [9.17, 15) is 14.3 Å². The second-order valence-electron chi connectivity index (χ2n) is 6.99. The van der Waals surface area contributed by atoms with Crippen molar-refractivity contribution in [2.24, 2.45) is 4.99 Å². The Morgan fingerprint density at radius 3 is 2.45 bits per heavy atom. The fraction of sp³-hybridized carbons (Fsp3) is 0.0833. The number of aromatic hydroxyl groups is 1. The van der Waals surface area contributed by atoms with E-state index in [0.29, 0.717) is 33.6 Å². The molecule has 6 nitrogen and oxygen atoms in total. The summed E-state index contributed by atoms with van der Waals surface area (Å²) in [6, 6.07) is 20.6. The van der Waals surface area contributed by atoms with Crippen LogP contribution in [-0.4, -0.2) is 40.5 Å². The molecule has 0 unspecified atom stereocenters. The maximum atomic E-state index is 13.7. The van der Waals surface area contributed by atoms with Gasteiger partial charge in [0.2, 0.25) is 0 Å². The third-order valence-corrected chi connectivity index (χ3v) is 5.01. The number of anilines is 1. The molecular formula is C24H20FN3O3. The normalized spacial score (nSPS) is 11.6. The van der Waals surface area contributed by atoms with Crippen LogP contribution in [0.25, 0.3) is 10.9 Å². The van der Waals surface area contributed by atoms with Gasteiger partial charge in [-0.05, 0) is 42.5 Å². The van der Waals surface area contributed by atoms with Gasteiger partial charge in [-0.25, -0.2) is 9.38 Å². The highest BCUT2D eigenvalue weighted by Gasteiger charge is 2.19. The molecular weight excluding hydrogens is 397 g/mol. The van der Waals surface area contributed by atoms with Crippen molar-refractivity contribution in [3.05, 3.63) is 89.7 Å². The van der Waals surface area contributed by atoms with Crippen molar-refractivity contribution in [1.29, 1.82) is 0 Å². The average molecular weight is 417 g/mol. The van der Waals surface area contributed by atoms with Gasteiger partial charge in [-0.3, -0.25) is 4.79 Å². The molecule has 0 aliphatic carbocycles. The van der Waals surface area contributed by atoms with Crippen molar-refractivity contribution < 1.29 is 19.4 Å². The van der Waals surface area contributed by atoms with Crippen LogP contribution in [-0.2, 0) is 4.79 Å². The second kappa shape index (κ2) is 8.41. The summed E-state index contributed by atoms with van der Waals surface area (Å²) in [6.07, 6.45) is 0. The molecule has 0 fully saturated rings. The van der Waals surface area contributed by atoms with Crippen LogP contribution in [0.4, 0.5) is 15.8 Å². The quantitative estimate of drug-likeness (QED) is 0.427. The molecule has 1 heterocycles. The van der Waals surface area contributed by atoms with Gasteiger partial charge in [0.05, 0.1) is 22.5 Å². The van der Waals surface area contributed by atoms with Crippen molar-refractivity contribution in [3.8, 4) is 5.88 Å². The second-order valence-corrected chi connectivity index (χ2v) is 6.99. The maximum absolute atomic E-state index is 13.7. The Hall–Kier alpha value is -3.97. The smallest absolute Gasteiger partial charge is 0.252 e. The molecule has 0 saturated heterocycles. The summed E-state index contributed by atoms with van der Waals surface area (Å²) in [5.74, 6) is -0.930. The Bertz CT molecular complexity index is 1260. The molecule has 1 amide bonds. The highest BCUT2D eigenvalue weighted by Crippen LogP contribution is 2.32. The van der Waals surface area contributed by atoms with Crippen LogP contribution in [0.3, 0.4) is 0 Å². The number of likely N-dealkylation sites (N-methyl/N-ethyl adjacent to an activating group) is 1. The van der Waals surface area contributed by atoms with Crippen LogP contribution in [0.15, 0.2) is 77.8 Å². The van der Waals surface area contributed by atoms with E-state index in [4.69, 9.17) is 10.1 Å². The molecule has 0 aliphatic heterocycles. The van der Waals surface area contributed by atoms with Crippen LogP contribution in [0.5, 0.6) is 5.88 Å². The molecule has 0 bridgehead atoms. The molecule has 3 N–H and O–H groups in total. The van der Waals surface area contributed by atoms with Gasteiger partial charge in [-0.15, -0.1) is 0 Å². The summed E-state index contributed by atoms with van der Waals surface area (Å²) in [4.78, 5) is 20.6. The van der Waals surface area contributed by atoms with Crippen LogP contribution in [0, 0.1) is 5.82 Å². The number of hydrogen-bond acceptors (Lipinski definition) is 4. The SMILES string of the molecule is CN(C(=O)CO)c1ccc(N=C(c2ccccc2)c2c(O)[nH]c3cc(F)ccc23)cc1. The number of aromatic nitrogens is 1. The molecule has 0 radical (unpaired) electrons. The van der Waals surface area contributed by atoms with E-state index in [-0.39, 0.29) is 5.88 Å². The third kappa shape index (κ3) is 4.04. The first-order valence-electron chi connectivity index (χ1n) is 9.60. The van der Waals surface area contributed by atoms with Crippen molar-refractivity contribution in [2.45, 2.75) is 0 Å². The van der Waals surface area contributed by atoms with Gasteiger partial charge in [0.25, 0.3) is 5.91 Å². The zero-order valence-electron chi connectivity index (χ0n) is 16.7. The van der Waals surface area contributed by atoms with Crippen LogP contribution in [0.1, 0.15) is 11.1 Å². The minimum atomic E-state index is -0.574. The Balaban J connectivity index is 1.83. The highest BCUT2D eigenvalue weighted by molar-refractivity contribution is 6.21. The van der Waals surface area contributed by atoms with Gasteiger partial charge in [0.1, 0.15) is 12.4 Å². The van der Waals surface area contributed by atoms with Crippen LogP contribution in [0.2, 0.25) is 0 Å². The molecule has 3 aromatic carbocycles. The predicted molar refractivity (Wildman–Crippen MR) is 119 cm³/mol. The molecule has 156 valence electrons. The molecule has 0 saturated carbocycles. The number of rotatable bonds is 5. The lowest BCUT2D eigenvalue weighted by Crippen LogP contribution is -2.28. The van der Waals surface area contributed by atoms with E-state index < -0.39 is 18.3 Å². The summed E-state index contributed by atoms with van der Waals surface area (Å²) in [7, 11) is 1.58. The van der Waals surface area contributed by atoms with Crippen molar-refractivity contribution in [1.82, 2.24) is 4.98 Å². The topological polar surface area (TPSA) is 88.9 Å².